The summed E-state index contributed by atoms with van der Waals surface area (Å²) in [6, 6.07) is 9.32. The summed E-state index contributed by atoms with van der Waals surface area (Å²) >= 11 is 0. The van der Waals surface area contributed by atoms with Gasteiger partial charge in [0.1, 0.15) is 5.75 Å². The van der Waals surface area contributed by atoms with E-state index in [1.54, 1.807) is 0 Å². The van der Waals surface area contributed by atoms with Crippen LogP contribution in [-0.2, 0) is 39.1 Å². The van der Waals surface area contributed by atoms with E-state index in [-0.39, 0.29) is 33.9 Å². The van der Waals surface area contributed by atoms with Gasteiger partial charge in [0.2, 0.25) is 11.6 Å². The summed E-state index contributed by atoms with van der Waals surface area (Å²) < 4.78 is 20.4. The predicted molar refractivity (Wildman–Crippen MR) is 118 cm³/mol. The van der Waals surface area contributed by atoms with Gasteiger partial charge in [-0.1, -0.05) is 18.2 Å². The topological polar surface area (TPSA) is 139 Å². The van der Waals surface area contributed by atoms with Crippen LogP contribution in [0.4, 0.5) is 0 Å². The number of esters is 4. The second-order valence-corrected chi connectivity index (χ2v) is 7.49. The van der Waals surface area contributed by atoms with Gasteiger partial charge in [-0.2, -0.15) is 0 Å². The number of ether oxygens (including phenoxy) is 4. The SMILES string of the molecule is CC(=O)Oc1ccc(C2(OC(C)=O)C(=O)C=C(c3ccc(OC(C)=O)c(OC(C)=O)c3)C2=O)cc1. The molecule has 0 N–H and O–H groups in total. The van der Waals surface area contributed by atoms with Crippen LogP contribution in [0.3, 0.4) is 0 Å². The van der Waals surface area contributed by atoms with E-state index in [4.69, 9.17) is 18.9 Å². The Morgan fingerprint density at radius 2 is 1.26 bits per heavy atom. The Labute approximate surface area is 199 Å². The highest BCUT2D eigenvalue weighted by Gasteiger charge is 2.55. The van der Waals surface area contributed by atoms with E-state index >= 15 is 0 Å². The van der Waals surface area contributed by atoms with Crippen LogP contribution >= 0.6 is 0 Å². The summed E-state index contributed by atoms with van der Waals surface area (Å²) in [4.78, 5) is 72.7. The number of Topliss-reactive ketones (excluding diaryl/α,β-unsaturated/α-hetero) is 1. The summed E-state index contributed by atoms with van der Waals surface area (Å²) in [6.07, 6.45) is 1.02. The molecule has 3 rings (SSSR count). The third-order valence-corrected chi connectivity index (χ3v) is 4.77. The Balaban J connectivity index is 2.07. The lowest BCUT2D eigenvalue weighted by atomic mass is 9.86. The highest BCUT2D eigenvalue weighted by atomic mass is 16.6. The van der Waals surface area contributed by atoms with E-state index in [2.05, 4.69) is 0 Å². The van der Waals surface area contributed by atoms with Crippen LogP contribution < -0.4 is 14.2 Å². The van der Waals surface area contributed by atoms with Crippen molar-refractivity contribution < 1.29 is 47.7 Å². The maximum Gasteiger partial charge on any atom is 0.308 e. The van der Waals surface area contributed by atoms with Crippen LogP contribution in [0.25, 0.3) is 5.57 Å². The number of ketones is 2. The first-order valence-electron chi connectivity index (χ1n) is 10.2. The lowest BCUT2D eigenvalue weighted by Crippen LogP contribution is -2.43. The molecule has 0 amide bonds. The molecule has 0 fully saturated rings. The lowest BCUT2D eigenvalue weighted by molar-refractivity contribution is -0.168. The van der Waals surface area contributed by atoms with Crippen LogP contribution in [0.1, 0.15) is 38.8 Å². The van der Waals surface area contributed by atoms with Gasteiger partial charge in [0.05, 0.1) is 0 Å². The molecular weight excluding hydrogens is 460 g/mol. The quantitative estimate of drug-likeness (QED) is 0.344. The molecule has 10 nitrogen and oxygen atoms in total. The number of hydrogen-bond donors (Lipinski definition) is 0. The largest absolute Gasteiger partial charge is 0.437 e. The smallest absolute Gasteiger partial charge is 0.308 e. The molecule has 0 aliphatic heterocycles. The van der Waals surface area contributed by atoms with Crippen LogP contribution in [0.2, 0.25) is 0 Å². The molecule has 0 aromatic heterocycles. The summed E-state index contributed by atoms with van der Waals surface area (Å²) in [6.45, 7) is 4.57. The van der Waals surface area contributed by atoms with E-state index < -0.39 is 41.0 Å². The van der Waals surface area contributed by atoms with Crippen molar-refractivity contribution in [3.8, 4) is 17.2 Å². The van der Waals surface area contributed by atoms with Gasteiger partial charge in [-0.05, 0) is 35.9 Å². The fourth-order valence-electron chi connectivity index (χ4n) is 3.53. The summed E-state index contributed by atoms with van der Waals surface area (Å²) in [7, 11) is 0. The minimum atomic E-state index is -2.30. The first kappa shape index (κ1) is 25.0. The van der Waals surface area contributed by atoms with Gasteiger partial charge >= 0.3 is 23.9 Å². The molecule has 0 saturated carbocycles. The molecule has 0 radical (unpaired) electrons. The highest BCUT2D eigenvalue weighted by Crippen LogP contribution is 2.42. The van der Waals surface area contributed by atoms with Crippen molar-refractivity contribution in [2.75, 3.05) is 0 Å². The zero-order valence-electron chi connectivity index (χ0n) is 19.2. The minimum Gasteiger partial charge on any atom is -0.437 e. The molecule has 0 bridgehead atoms. The monoisotopic (exact) mass is 480 g/mol. The number of carbonyl (C=O) groups excluding carboxylic acids is 6. The molecule has 0 saturated heterocycles. The van der Waals surface area contributed by atoms with Crippen LogP contribution in [0.15, 0.2) is 48.5 Å². The molecular formula is C25H20O10. The number of rotatable bonds is 6. The first-order chi connectivity index (χ1) is 16.4. The van der Waals surface area contributed by atoms with Gasteiger partial charge in [0.25, 0.3) is 5.60 Å². The van der Waals surface area contributed by atoms with Crippen molar-refractivity contribution >= 4 is 41.0 Å². The molecule has 1 aliphatic carbocycles. The lowest BCUT2D eigenvalue weighted by Gasteiger charge is -2.26. The van der Waals surface area contributed by atoms with Crippen LogP contribution in [0, 0.1) is 0 Å². The Kier molecular flexibility index (Phi) is 6.95. The molecule has 1 aliphatic rings. The molecule has 180 valence electrons. The van der Waals surface area contributed by atoms with Crippen molar-refractivity contribution in [3.05, 3.63) is 59.7 Å². The van der Waals surface area contributed by atoms with E-state index in [9.17, 15) is 28.8 Å². The maximum absolute atomic E-state index is 13.6. The third kappa shape index (κ3) is 5.16. The third-order valence-electron chi connectivity index (χ3n) is 4.77. The molecule has 10 heteroatoms. The van der Waals surface area contributed by atoms with Gasteiger partial charge in [0, 0.05) is 38.8 Å². The van der Waals surface area contributed by atoms with Gasteiger partial charge < -0.3 is 18.9 Å². The molecule has 2 aromatic rings. The van der Waals surface area contributed by atoms with Crippen LogP contribution in [0.5, 0.6) is 17.2 Å². The van der Waals surface area contributed by atoms with Crippen molar-refractivity contribution in [3.63, 3.8) is 0 Å². The molecule has 2 aromatic carbocycles. The predicted octanol–water partition coefficient (Wildman–Crippen LogP) is 2.46. The second-order valence-electron chi connectivity index (χ2n) is 7.49. The molecule has 1 atom stereocenters. The minimum absolute atomic E-state index is 0.0431. The summed E-state index contributed by atoms with van der Waals surface area (Å²) in [5, 5.41) is 0. The van der Waals surface area contributed by atoms with Crippen molar-refractivity contribution in [1.29, 1.82) is 0 Å². The zero-order chi connectivity index (χ0) is 25.9. The normalized spacial score (nSPS) is 16.9. The Morgan fingerprint density at radius 1 is 0.686 bits per heavy atom. The Bertz CT molecular complexity index is 1290. The van der Waals surface area contributed by atoms with Crippen molar-refractivity contribution in [1.82, 2.24) is 0 Å². The van der Waals surface area contributed by atoms with E-state index in [1.807, 2.05) is 0 Å². The number of benzene rings is 2. The van der Waals surface area contributed by atoms with Gasteiger partial charge in [0.15, 0.2) is 11.5 Å². The van der Waals surface area contributed by atoms with E-state index in [0.717, 1.165) is 26.8 Å². The van der Waals surface area contributed by atoms with Crippen LogP contribution in [-0.4, -0.2) is 35.4 Å². The van der Waals surface area contributed by atoms with Crippen molar-refractivity contribution in [2.45, 2.75) is 33.3 Å². The number of hydrogen-bond acceptors (Lipinski definition) is 10. The molecule has 1 unspecified atom stereocenters. The fraction of sp³-hybridized carbons (Fsp3) is 0.200. The van der Waals surface area contributed by atoms with Gasteiger partial charge in [-0.25, -0.2) is 0 Å². The molecule has 0 spiro atoms. The standard InChI is InChI=1S/C25H20O10/c1-13(26)32-19-8-6-18(7-9-19)25(35-16(4)29)23(30)12-20(24(25)31)17-5-10-21(33-14(2)27)22(11-17)34-15(3)28/h5-12H,1-4H3. The van der Waals surface area contributed by atoms with Gasteiger partial charge in [-0.3, -0.25) is 28.8 Å². The molecule has 0 heterocycles. The van der Waals surface area contributed by atoms with Crippen molar-refractivity contribution in [2.24, 2.45) is 0 Å². The van der Waals surface area contributed by atoms with E-state index in [0.29, 0.717) is 0 Å². The zero-order valence-corrected chi connectivity index (χ0v) is 19.2. The maximum atomic E-state index is 13.6. The Hall–Kier alpha value is -4.60. The average Bonchev–Trinajstić information content (AvgIpc) is 2.99. The van der Waals surface area contributed by atoms with Gasteiger partial charge in [-0.15, -0.1) is 0 Å². The number of carbonyl (C=O) groups is 6. The second kappa shape index (κ2) is 9.72. The highest BCUT2D eigenvalue weighted by molar-refractivity contribution is 6.42. The van der Waals surface area contributed by atoms with E-state index in [1.165, 1.54) is 49.4 Å². The fourth-order valence-corrected chi connectivity index (χ4v) is 3.53. The Morgan fingerprint density at radius 3 is 1.80 bits per heavy atom. The average molecular weight is 480 g/mol. The summed E-state index contributed by atoms with van der Waals surface area (Å²) in [5.74, 6) is -4.52. The first-order valence-corrected chi connectivity index (χ1v) is 10.2. The molecule has 35 heavy (non-hydrogen) atoms. The summed E-state index contributed by atoms with van der Waals surface area (Å²) in [5.41, 5.74) is -2.22.